The highest BCUT2D eigenvalue weighted by atomic mass is 32.1. The molecule has 0 aliphatic carbocycles. The molecule has 0 unspecified atom stereocenters. The van der Waals surface area contributed by atoms with Crippen LogP contribution in [-0.4, -0.2) is 10.5 Å². The Kier molecular flexibility index (Phi) is 4.46. The molecule has 28 heavy (non-hydrogen) atoms. The van der Waals surface area contributed by atoms with E-state index >= 15 is 0 Å². The van der Waals surface area contributed by atoms with Crippen molar-refractivity contribution in [2.45, 2.75) is 20.4 Å². The molecule has 0 N–H and O–H groups in total. The van der Waals surface area contributed by atoms with Gasteiger partial charge in [-0.25, -0.2) is 0 Å². The van der Waals surface area contributed by atoms with Gasteiger partial charge in [-0.2, -0.15) is 4.99 Å². The number of aromatic nitrogens is 1. The van der Waals surface area contributed by atoms with E-state index in [4.69, 9.17) is 10.8 Å². The Bertz CT molecular complexity index is 1410. The fourth-order valence-corrected chi connectivity index (χ4v) is 4.49. The number of fused-ring (bicyclic) bond motifs is 2. The van der Waals surface area contributed by atoms with Crippen molar-refractivity contribution in [3.8, 4) is 12.3 Å². The van der Waals surface area contributed by atoms with Gasteiger partial charge in [0.05, 0.1) is 22.1 Å². The zero-order valence-electron chi connectivity index (χ0n) is 15.4. The minimum Gasteiger partial charge on any atom is -0.463 e. The number of hydrogen-bond donors (Lipinski definition) is 0. The highest BCUT2D eigenvalue weighted by Crippen LogP contribution is 2.23. The summed E-state index contributed by atoms with van der Waals surface area (Å²) in [5.41, 5.74) is 3.06. The number of nitrogens with zero attached hydrogens (tertiary/aromatic N) is 2. The largest absolute Gasteiger partial charge is 0.463 e. The number of carbonyl (C=O) groups excluding carboxylic acids is 1. The molecule has 0 atom stereocenters. The van der Waals surface area contributed by atoms with Crippen molar-refractivity contribution in [2.24, 2.45) is 4.99 Å². The zero-order chi connectivity index (χ0) is 19.8. The van der Waals surface area contributed by atoms with Gasteiger partial charge in [-0.3, -0.25) is 9.59 Å². The lowest BCUT2D eigenvalue weighted by molar-refractivity contribution is 0.0995. The number of aryl methyl sites for hydroxylation is 2. The fraction of sp³-hybridized carbons (Fsp3) is 0.136. The smallest absolute Gasteiger partial charge is 0.286 e. The van der Waals surface area contributed by atoms with Gasteiger partial charge in [0.1, 0.15) is 17.4 Å². The SMILES string of the molecule is C#CCn1c(=NC(=O)c2coc3ccccc3c2=O)sc2cc(C)cc(C)c21. The summed E-state index contributed by atoms with van der Waals surface area (Å²) in [5.74, 6) is 1.96. The van der Waals surface area contributed by atoms with E-state index in [2.05, 4.69) is 17.0 Å². The summed E-state index contributed by atoms with van der Waals surface area (Å²) in [4.78, 5) is 30.1. The lowest BCUT2D eigenvalue weighted by Crippen LogP contribution is -2.20. The van der Waals surface area contributed by atoms with Gasteiger partial charge in [-0.15, -0.1) is 6.42 Å². The van der Waals surface area contributed by atoms with Crippen LogP contribution in [0.15, 0.2) is 56.9 Å². The van der Waals surface area contributed by atoms with Crippen LogP contribution in [0.3, 0.4) is 0 Å². The fourth-order valence-electron chi connectivity index (χ4n) is 3.29. The lowest BCUT2D eigenvalue weighted by Gasteiger charge is -2.04. The van der Waals surface area contributed by atoms with E-state index in [-0.39, 0.29) is 12.1 Å². The van der Waals surface area contributed by atoms with E-state index in [1.807, 2.05) is 24.5 Å². The summed E-state index contributed by atoms with van der Waals surface area (Å²) in [7, 11) is 0. The Morgan fingerprint density at radius 3 is 2.86 bits per heavy atom. The van der Waals surface area contributed by atoms with Crippen LogP contribution in [0.2, 0.25) is 0 Å². The number of terminal acetylenes is 1. The quantitative estimate of drug-likeness (QED) is 0.491. The second kappa shape index (κ2) is 6.95. The highest BCUT2D eigenvalue weighted by Gasteiger charge is 2.15. The minimum atomic E-state index is -0.647. The normalized spacial score (nSPS) is 11.8. The first-order chi connectivity index (χ1) is 13.5. The molecule has 0 radical (unpaired) electrons. The molecule has 0 fully saturated rings. The van der Waals surface area contributed by atoms with Crippen LogP contribution in [0.5, 0.6) is 0 Å². The number of benzene rings is 2. The predicted molar refractivity (Wildman–Crippen MR) is 110 cm³/mol. The van der Waals surface area contributed by atoms with Crippen molar-refractivity contribution < 1.29 is 9.21 Å². The molecule has 2 heterocycles. The summed E-state index contributed by atoms with van der Waals surface area (Å²) < 4.78 is 8.26. The Hall–Kier alpha value is -3.43. The Morgan fingerprint density at radius 1 is 1.29 bits per heavy atom. The van der Waals surface area contributed by atoms with Gasteiger partial charge in [0, 0.05) is 0 Å². The molecular weight excluding hydrogens is 372 g/mol. The van der Waals surface area contributed by atoms with E-state index < -0.39 is 11.3 Å². The van der Waals surface area contributed by atoms with E-state index in [1.165, 1.54) is 17.6 Å². The molecular formula is C22H16N2O3S. The van der Waals surface area contributed by atoms with E-state index in [0.717, 1.165) is 21.3 Å². The molecule has 0 aliphatic heterocycles. The van der Waals surface area contributed by atoms with Crippen LogP contribution < -0.4 is 10.2 Å². The molecule has 138 valence electrons. The van der Waals surface area contributed by atoms with Gasteiger partial charge in [0.2, 0.25) is 5.43 Å². The van der Waals surface area contributed by atoms with Crippen molar-refractivity contribution in [1.29, 1.82) is 0 Å². The number of carbonyl (C=O) groups is 1. The maximum Gasteiger partial charge on any atom is 0.286 e. The van der Waals surface area contributed by atoms with E-state index in [0.29, 0.717) is 15.8 Å². The second-order valence-corrected chi connectivity index (χ2v) is 7.50. The number of para-hydroxylation sites is 1. The van der Waals surface area contributed by atoms with Crippen LogP contribution in [-0.2, 0) is 6.54 Å². The molecule has 4 rings (SSSR count). The van der Waals surface area contributed by atoms with Crippen LogP contribution in [0.4, 0.5) is 0 Å². The Labute approximate surface area is 164 Å². The lowest BCUT2D eigenvalue weighted by atomic mass is 10.1. The summed E-state index contributed by atoms with van der Waals surface area (Å²) in [6, 6.07) is 10.9. The maximum atomic E-state index is 12.8. The van der Waals surface area contributed by atoms with Crippen molar-refractivity contribution in [1.82, 2.24) is 4.57 Å². The predicted octanol–water partition coefficient (Wildman–Crippen LogP) is 3.80. The van der Waals surface area contributed by atoms with Crippen LogP contribution >= 0.6 is 11.3 Å². The molecule has 0 bridgehead atoms. The third-order valence-corrected chi connectivity index (χ3v) is 5.49. The number of amides is 1. The topological polar surface area (TPSA) is 64.6 Å². The Morgan fingerprint density at radius 2 is 2.07 bits per heavy atom. The number of thiazole rings is 1. The third-order valence-electron chi connectivity index (χ3n) is 4.47. The third kappa shape index (κ3) is 2.96. The average Bonchev–Trinajstić information content (AvgIpc) is 2.99. The van der Waals surface area contributed by atoms with Gasteiger partial charge in [0.15, 0.2) is 4.80 Å². The maximum absolute atomic E-state index is 12.8. The summed E-state index contributed by atoms with van der Waals surface area (Å²) >= 11 is 1.37. The molecule has 0 aliphatic rings. The first-order valence-electron chi connectivity index (χ1n) is 8.63. The molecule has 1 amide bonds. The average molecular weight is 388 g/mol. The van der Waals surface area contributed by atoms with E-state index in [1.54, 1.807) is 24.3 Å². The first-order valence-corrected chi connectivity index (χ1v) is 9.45. The molecule has 0 saturated carbocycles. The molecule has 0 saturated heterocycles. The van der Waals surface area contributed by atoms with Crippen LogP contribution in [0, 0.1) is 26.2 Å². The van der Waals surface area contributed by atoms with E-state index in [9.17, 15) is 9.59 Å². The molecule has 2 aromatic heterocycles. The van der Waals surface area contributed by atoms with Gasteiger partial charge in [-0.1, -0.05) is 35.5 Å². The van der Waals surface area contributed by atoms with Gasteiger partial charge >= 0.3 is 0 Å². The highest BCUT2D eigenvalue weighted by molar-refractivity contribution is 7.16. The first kappa shape index (κ1) is 18.0. The monoisotopic (exact) mass is 388 g/mol. The number of hydrogen-bond acceptors (Lipinski definition) is 4. The summed E-state index contributed by atoms with van der Waals surface area (Å²) in [6.45, 7) is 4.29. The van der Waals surface area contributed by atoms with Crippen molar-refractivity contribution >= 4 is 38.4 Å². The molecule has 5 nitrogen and oxygen atoms in total. The van der Waals surface area contributed by atoms with Gasteiger partial charge < -0.3 is 8.98 Å². The summed E-state index contributed by atoms with van der Waals surface area (Å²) in [6.07, 6.45) is 6.70. The summed E-state index contributed by atoms with van der Waals surface area (Å²) in [5, 5.41) is 0.350. The second-order valence-electron chi connectivity index (χ2n) is 6.50. The van der Waals surface area contributed by atoms with Crippen molar-refractivity contribution in [3.05, 3.63) is 74.4 Å². The number of rotatable bonds is 2. The zero-order valence-corrected chi connectivity index (χ0v) is 16.2. The standard InChI is InChI=1S/C22H16N2O3S/c1-4-9-24-19-14(3)10-13(2)11-18(19)28-22(24)23-21(26)16-12-27-17-8-6-5-7-15(17)20(16)25/h1,5-8,10-12H,9H2,2-3H3. The van der Waals surface area contributed by atoms with Crippen molar-refractivity contribution in [3.63, 3.8) is 0 Å². The van der Waals surface area contributed by atoms with Gasteiger partial charge in [-0.05, 0) is 43.2 Å². The Balaban J connectivity index is 1.93. The molecule has 4 aromatic rings. The van der Waals surface area contributed by atoms with Crippen molar-refractivity contribution in [2.75, 3.05) is 0 Å². The van der Waals surface area contributed by atoms with Gasteiger partial charge in [0.25, 0.3) is 5.91 Å². The molecule has 0 spiro atoms. The van der Waals surface area contributed by atoms with Crippen LogP contribution in [0.1, 0.15) is 21.5 Å². The van der Waals surface area contributed by atoms with Crippen LogP contribution in [0.25, 0.3) is 21.2 Å². The molecule has 6 heteroatoms. The molecule has 2 aromatic carbocycles. The minimum absolute atomic E-state index is 0.101.